The summed E-state index contributed by atoms with van der Waals surface area (Å²) in [6.07, 6.45) is 44.1. The number of aliphatic hydroxyl groups excluding tert-OH is 1. The summed E-state index contributed by atoms with van der Waals surface area (Å²) in [6, 6.07) is -1.39. The summed E-state index contributed by atoms with van der Waals surface area (Å²) in [5.74, 6) is -2.38. The van der Waals surface area contributed by atoms with E-state index in [9.17, 15) is 19.2 Å². The number of unbranched alkanes of at least 4 members (excludes halogenated alkanes) is 28. The van der Waals surface area contributed by atoms with E-state index in [2.05, 4.69) is 36.6 Å². The molecule has 9 nitrogen and oxygen atoms in total. The summed E-state index contributed by atoms with van der Waals surface area (Å²) in [5, 5.41) is 22.6. The lowest BCUT2D eigenvalue weighted by molar-refractivity contribution is -0.147. The molecule has 55 heavy (non-hydrogen) atoms. The fourth-order valence-corrected chi connectivity index (χ4v) is 6.92. The van der Waals surface area contributed by atoms with E-state index in [1.807, 2.05) is 0 Å². The molecule has 0 fully saturated rings. The monoisotopic (exact) mass is 779 g/mol. The van der Waals surface area contributed by atoms with Crippen LogP contribution in [0.2, 0.25) is 0 Å². The van der Waals surface area contributed by atoms with Gasteiger partial charge in [0.2, 0.25) is 11.8 Å². The first kappa shape index (κ1) is 52.6. The smallest absolute Gasteiger partial charge is 0.328 e. The van der Waals surface area contributed by atoms with Crippen molar-refractivity contribution in [1.82, 2.24) is 10.6 Å². The molecule has 0 radical (unpaired) electrons. The Labute approximate surface area is 337 Å². The van der Waals surface area contributed by atoms with Crippen LogP contribution in [0.15, 0.2) is 12.2 Å². The molecule has 0 aliphatic rings. The summed E-state index contributed by atoms with van der Waals surface area (Å²) < 4.78 is 5.92. The van der Waals surface area contributed by atoms with E-state index in [0.717, 1.165) is 51.4 Å². The van der Waals surface area contributed by atoms with Gasteiger partial charge in [-0.05, 0) is 44.6 Å². The number of carbonyl (C=O) groups excluding carboxylic acids is 3. The Bertz CT molecular complexity index is 941. The Morgan fingerprint density at radius 1 is 0.545 bits per heavy atom. The average Bonchev–Trinajstić information content (AvgIpc) is 3.17. The maximum Gasteiger partial charge on any atom is 0.328 e. The highest BCUT2D eigenvalue weighted by Crippen LogP contribution is 2.17. The summed E-state index contributed by atoms with van der Waals surface area (Å²) in [6.45, 7) is 3.46. The molecular weight excluding hydrogens is 693 g/mol. The number of carboxylic acids is 1. The number of hydrogen-bond acceptors (Lipinski definition) is 6. The zero-order valence-electron chi connectivity index (χ0n) is 35.7. The van der Waals surface area contributed by atoms with Gasteiger partial charge in [-0.2, -0.15) is 0 Å². The summed E-state index contributed by atoms with van der Waals surface area (Å²) in [5.41, 5.74) is 0. The van der Waals surface area contributed by atoms with Crippen LogP contribution in [0, 0.1) is 0 Å². The summed E-state index contributed by atoms with van der Waals surface area (Å²) in [7, 11) is 0. The zero-order chi connectivity index (χ0) is 40.5. The molecule has 0 rings (SSSR count). The molecule has 0 aliphatic carbocycles. The standard InChI is InChI=1S/C46H86N2O7/c1-3-5-7-9-11-13-14-15-16-17-18-19-20-21-22-23-24-26-28-34-38-45(52)55-41(35-31-27-25-12-10-8-6-4-2)36-32-29-30-33-37-43(50)47-39-44(51)48-42(40-49)46(53)54/h31,35,41-42,49H,3-30,32-34,36-40H2,1-2H3,(H,47,50)(H,48,51)(H,53,54)/b35-31-. The van der Waals surface area contributed by atoms with Gasteiger partial charge in [0.25, 0.3) is 0 Å². The Morgan fingerprint density at radius 2 is 0.964 bits per heavy atom. The van der Waals surface area contributed by atoms with E-state index in [1.165, 1.54) is 148 Å². The molecule has 0 bridgehead atoms. The molecule has 0 saturated heterocycles. The number of aliphatic hydroxyl groups is 1. The number of hydrogen-bond donors (Lipinski definition) is 4. The van der Waals surface area contributed by atoms with Crippen molar-refractivity contribution in [2.75, 3.05) is 13.2 Å². The lowest BCUT2D eigenvalue weighted by Gasteiger charge is -2.15. The summed E-state index contributed by atoms with van der Waals surface area (Å²) in [4.78, 5) is 47.6. The van der Waals surface area contributed by atoms with Crippen LogP contribution in [0.25, 0.3) is 0 Å². The largest absolute Gasteiger partial charge is 0.480 e. The van der Waals surface area contributed by atoms with Crippen molar-refractivity contribution < 1.29 is 34.1 Å². The third kappa shape index (κ3) is 38.2. The van der Waals surface area contributed by atoms with Crippen molar-refractivity contribution in [2.24, 2.45) is 0 Å². The van der Waals surface area contributed by atoms with Crippen LogP contribution in [0.3, 0.4) is 0 Å². The number of allylic oxidation sites excluding steroid dienone is 1. The molecule has 9 heteroatoms. The van der Waals surface area contributed by atoms with Crippen molar-refractivity contribution in [1.29, 1.82) is 0 Å². The van der Waals surface area contributed by atoms with Crippen LogP contribution in [0.4, 0.5) is 0 Å². The maximum absolute atomic E-state index is 12.7. The first-order valence-electron chi connectivity index (χ1n) is 23.1. The third-order valence-corrected chi connectivity index (χ3v) is 10.5. The fourth-order valence-electron chi connectivity index (χ4n) is 6.92. The number of nitrogens with one attached hydrogen (secondary N) is 2. The summed E-state index contributed by atoms with van der Waals surface area (Å²) >= 11 is 0. The minimum absolute atomic E-state index is 0.106. The van der Waals surface area contributed by atoms with Crippen LogP contribution >= 0.6 is 0 Å². The molecule has 322 valence electrons. The number of amides is 2. The number of rotatable bonds is 42. The van der Waals surface area contributed by atoms with Gasteiger partial charge in [-0.25, -0.2) is 4.79 Å². The van der Waals surface area contributed by atoms with Gasteiger partial charge in [-0.1, -0.05) is 187 Å². The quantitative estimate of drug-likeness (QED) is 0.0274. The van der Waals surface area contributed by atoms with E-state index in [-0.39, 0.29) is 30.9 Å². The normalized spacial score (nSPS) is 12.5. The molecule has 0 aromatic rings. The Balaban J connectivity index is 4.12. The highest BCUT2D eigenvalue weighted by molar-refractivity contribution is 5.87. The van der Waals surface area contributed by atoms with Gasteiger partial charge in [-0.15, -0.1) is 0 Å². The van der Waals surface area contributed by atoms with Crippen LogP contribution in [0.1, 0.15) is 232 Å². The van der Waals surface area contributed by atoms with Crippen molar-refractivity contribution in [3.8, 4) is 0 Å². The molecule has 0 saturated carbocycles. The topological polar surface area (TPSA) is 142 Å². The van der Waals surface area contributed by atoms with Crippen LogP contribution in [0.5, 0.6) is 0 Å². The Morgan fingerprint density at radius 3 is 1.42 bits per heavy atom. The van der Waals surface area contributed by atoms with Crippen molar-refractivity contribution in [3.63, 3.8) is 0 Å². The first-order valence-corrected chi connectivity index (χ1v) is 23.1. The predicted molar refractivity (Wildman–Crippen MR) is 227 cm³/mol. The lowest BCUT2D eigenvalue weighted by Crippen LogP contribution is -2.47. The molecule has 0 spiro atoms. The molecule has 0 aromatic heterocycles. The third-order valence-electron chi connectivity index (χ3n) is 10.5. The lowest BCUT2D eigenvalue weighted by atomic mass is 10.0. The maximum atomic E-state index is 12.7. The van der Waals surface area contributed by atoms with E-state index < -0.39 is 24.5 Å². The number of carbonyl (C=O) groups is 4. The number of ether oxygens (including phenoxy) is 1. The van der Waals surface area contributed by atoms with Crippen molar-refractivity contribution >= 4 is 23.8 Å². The van der Waals surface area contributed by atoms with Gasteiger partial charge in [0, 0.05) is 12.8 Å². The average molecular weight is 779 g/mol. The highest BCUT2D eigenvalue weighted by Gasteiger charge is 2.18. The SMILES string of the molecule is CCCCCCCC/C=C\C(CCCCCCC(=O)NCC(=O)NC(CO)C(=O)O)OC(=O)CCCCCCCCCCCCCCCCCCCCCC. The van der Waals surface area contributed by atoms with Crippen LogP contribution in [-0.2, 0) is 23.9 Å². The van der Waals surface area contributed by atoms with E-state index in [4.69, 9.17) is 14.9 Å². The van der Waals surface area contributed by atoms with Crippen LogP contribution < -0.4 is 10.6 Å². The molecular formula is C46H86N2O7. The molecule has 2 atom stereocenters. The van der Waals surface area contributed by atoms with E-state index in [0.29, 0.717) is 12.8 Å². The van der Waals surface area contributed by atoms with Gasteiger partial charge >= 0.3 is 11.9 Å². The molecule has 0 aliphatic heterocycles. The minimum Gasteiger partial charge on any atom is -0.480 e. The van der Waals surface area contributed by atoms with Gasteiger partial charge < -0.3 is 25.6 Å². The minimum atomic E-state index is -1.39. The molecule has 2 unspecified atom stereocenters. The molecule has 2 amide bonds. The molecule has 0 heterocycles. The van der Waals surface area contributed by atoms with Gasteiger partial charge in [0.1, 0.15) is 12.1 Å². The highest BCUT2D eigenvalue weighted by atomic mass is 16.5. The van der Waals surface area contributed by atoms with Gasteiger partial charge in [-0.3, -0.25) is 14.4 Å². The Hall–Kier alpha value is -2.42. The second kappa shape index (κ2) is 41.2. The second-order valence-corrected chi connectivity index (χ2v) is 15.9. The van der Waals surface area contributed by atoms with Crippen molar-refractivity contribution in [2.45, 2.75) is 244 Å². The zero-order valence-corrected chi connectivity index (χ0v) is 35.7. The van der Waals surface area contributed by atoms with E-state index in [1.54, 1.807) is 0 Å². The van der Waals surface area contributed by atoms with Gasteiger partial charge in [0.05, 0.1) is 13.2 Å². The molecule has 0 aromatic carbocycles. The fraction of sp³-hybridized carbons (Fsp3) is 0.870. The van der Waals surface area contributed by atoms with E-state index >= 15 is 0 Å². The van der Waals surface area contributed by atoms with Gasteiger partial charge in [0.15, 0.2) is 0 Å². The van der Waals surface area contributed by atoms with Crippen LogP contribution in [-0.4, -0.2) is 59.3 Å². The second-order valence-electron chi connectivity index (χ2n) is 15.9. The van der Waals surface area contributed by atoms with Crippen molar-refractivity contribution in [3.05, 3.63) is 12.2 Å². The molecule has 4 N–H and O–H groups in total. The Kier molecular flexibility index (Phi) is 39.4. The number of aliphatic carboxylic acids is 1. The number of esters is 1. The predicted octanol–water partition coefficient (Wildman–Crippen LogP) is 11.4. The first-order chi connectivity index (χ1) is 26.8. The number of carboxylic acid groups (broad SMARTS) is 1.